The van der Waals surface area contributed by atoms with Crippen molar-refractivity contribution in [2.45, 2.75) is 33.7 Å². The van der Waals surface area contributed by atoms with Crippen LogP contribution in [0.3, 0.4) is 0 Å². The van der Waals surface area contributed by atoms with Crippen molar-refractivity contribution >= 4 is 5.91 Å². The summed E-state index contributed by atoms with van der Waals surface area (Å²) in [6.45, 7) is 7.91. The molecule has 1 aromatic carbocycles. The number of ether oxygens (including phenoxy) is 1. The molecule has 116 valence electrons. The molecule has 22 heavy (non-hydrogen) atoms. The van der Waals surface area contributed by atoms with Crippen LogP contribution in [0.1, 0.15) is 29.8 Å². The first-order chi connectivity index (χ1) is 10.5. The Morgan fingerprint density at radius 2 is 2.00 bits per heavy atom. The molecule has 0 N–H and O–H groups in total. The Morgan fingerprint density at radius 3 is 2.73 bits per heavy atom. The first-order valence-electron chi connectivity index (χ1n) is 7.42. The van der Waals surface area contributed by atoms with E-state index in [1.165, 1.54) is 4.57 Å². The summed E-state index contributed by atoms with van der Waals surface area (Å²) < 4.78 is 7.21. The van der Waals surface area contributed by atoms with Gasteiger partial charge in [-0.25, -0.2) is 0 Å². The van der Waals surface area contributed by atoms with Crippen LogP contribution in [0.5, 0.6) is 5.75 Å². The van der Waals surface area contributed by atoms with Gasteiger partial charge in [-0.15, -0.1) is 0 Å². The van der Waals surface area contributed by atoms with Crippen LogP contribution in [0.25, 0.3) is 0 Å². The second kappa shape index (κ2) is 7.07. The van der Waals surface area contributed by atoms with E-state index in [4.69, 9.17) is 4.74 Å². The number of benzene rings is 1. The van der Waals surface area contributed by atoms with Crippen molar-refractivity contribution < 1.29 is 9.53 Å². The number of carbonyl (C=O) groups excluding carboxylic acids is 1. The van der Waals surface area contributed by atoms with Crippen molar-refractivity contribution in [2.24, 2.45) is 4.99 Å². The fourth-order valence-corrected chi connectivity index (χ4v) is 2.09. The minimum absolute atomic E-state index is 0.0143. The average Bonchev–Trinajstić information content (AvgIpc) is 2.48. The van der Waals surface area contributed by atoms with Gasteiger partial charge in [0, 0.05) is 12.2 Å². The van der Waals surface area contributed by atoms with Gasteiger partial charge in [0.1, 0.15) is 11.2 Å². The number of nitrogens with zero attached hydrogens (tertiary/aromatic N) is 2. The van der Waals surface area contributed by atoms with Gasteiger partial charge in [-0.1, -0.05) is 18.2 Å². The predicted molar refractivity (Wildman–Crippen MR) is 87.2 cm³/mol. The number of pyridine rings is 1. The van der Waals surface area contributed by atoms with Crippen molar-refractivity contribution in [3.8, 4) is 5.75 Å². The molecule has 2 rings (SSSR count). The molecule has 0 unspecified atom stereocenters. The van der Waals surface area contributed by atoms with Crippen LogP contribution in [-0.4, -0.2) is 23.1 Å². The van der Waals surface area contributed by atoms with Gasteiger partial charge >= 0.3 is 0 Å². The Kier molecular flexibility index (Phi) is 5.15. The molecule has 0 aliphatic heterocycles. The first-order valence-corrected chi connectivity index (χ1v) is 7.42. The van der Waals surface area contributed by atoms with E-state index in [2.05, 4.69) is 4.99 Å². The topological polar surface area (TPSA) is 43.6 Å². The molecule has 0 radical (unpaired) electrons. The lowest BCUT2D eigenvalue weighted by Gasteiger charge is -2.11. The van der Waals surface area contributed by atoms with E-state index < -0.39 is 0 Å². The van der Waals surface area contributed by atoms with E-state index >= 15 is 0 Å². The van der Waals surface area contributed by atoms with Gasteiger partial charge in [0.05, 0.1) is 0 Å². The lowest BCUT2D eigenvalue weighted by Crippen LogP contribution is -2.31. The van der Waals surface area contributed by atoms with Crippen LogP contribution in [0.2, 0.25) is 0 Å². The van der Waals surface area contributed by atoms with E-state index in [9.17, 15) is 4.79 Å². The van der Waals surface area contributed by atoms with Gasteiger partial charge in [-0.2, -0.15) is 0 Å². The molecular formula is C18H22N2O2. The van der Waals surface area contributed by atoms with Crippen molar-refractivity contribution in [3.63, 3.8) is 0 Å². The van der Waals surface area contributed by atoms with Crippen LogP contribution in [0, 0.1) is 13.8 Å². The Bertz CT molecular complexity index is 730. The van der Waals surface area contributed by atoms with Crippen LogP contribution >= 0.6 is 0 Å². The highest BCUT2D eigenvalue weighted by Gasteiger charge is 2.08. The van der Waals surface area contributed by atoms with Gasteiger partial charge in [0.2, 0.25) is 0 Å². The summed E-state index contributed by atoms with van der Waals surface area (Å²) in [7, 11) is 0. The lowest BCUT2D eigenvalue weighted by molar-refractivity contribution is 0.0831. The Labute approximate surface area is 131 Å². The molecule has 0 saturated heterocycles. The zero-order valence-corrected chi connectivity index (χ0v) is 13.5. The zero-order chi connectivity index (χ0) is 16.1. The summed E-state index contributed by atoms with van der Waals surface area (Å²) in [4.78, 5) is 16.8. The van der Waals surface area contributed by atoms with E-state index in [0.29, 0.717) is 5.49 Å². The van der Waals surface area contributed by atoms with E-state index in [-0.39, 0.29) is 18.6 Å². The molecule has 0 spiro atoms. The quantitative estimate of drug-likeness (QED) is 0.870. The van der Waals surface area contributed by atoms with Gasteiger partial charge in [0.15, 0.2) is 6.61 Å². The summed E-state index contributed by atoms with van der Waals surface area (Å²) in [5.41, 5.74) is 2.77. The maximum Gasteiger partial charge on any atom is 0.270 e. The zero-order valence-electron chi connectivity index (χ0n) is 13.5. The fraction of sp³-hybridized carbons (Fsp3) is 0.333. The van der Waals surface area contributed by atoms with Gasteiger partial charge in [-0.3, -0.25) is 14.4 Å². The molecule has 4 nitrogen and oxygen atoms in total. The summed E-state index contributed by atoms with van der Waals surface area (Å²) in [6.07, 6.45) is 1.72. The normalized spacial score (nSPS) is 11.8. The van der Waals surface area contributed by atoms with Gasteiger partial charge in [-0.05, 0) is 57.0 Å². The summed E-state index contributed by atoms with van der Waals surface area (Å²) in [5.74, 6) is 0.605. The number of hydrogen-bond acceptors (Lipinski definition) is 3. The van der Waals surface area contributed by atoms with Crippen LogP contribution in [0.15, 0.2) is 47.6 Å². The molecule has 0 bridgehead atoms. The maximum absolute atomic E-state index is 12.4. The summed E-state index contributed by atoms with van der Waals surface area (Å²) in [6, 6.07) is 11.6. The Morgan fingerprint density at radius 1 is 1.23 bits per heavy atom. The molecule has 0 aliphatic carbocycles. The molecule has 1 aromatic heterocycles. The number of hydrogen-bond donors (Lipinski definition) is 0. The van der Waals surface area contributed by atoms with Crippen LogP contribution < -0.4 is 10.2 Å². The monoisotopic (exact) mass is 298 g/mol. The van der Waals surface area contributed by atoms with Crippen molar-refractivity contribution in [2.75, 3.05) is 6.61 Å². The number of aromatic nitrogens is 1. The van der Waals surface area contributed by atoms with E-state index in [1.807, 2.05) is 64.1 Å². The molecular weight excluding hydrogens is 276 g/mol. The molecule has 4 heteroatoms. The average molecular weight is 298 g/mol. The number of carbonyl (C=O) groups is 1. The highest BCUT2D eigenvalue weighted by atomic mass is 16.5. The third-order valence-corrected chi connectivity index (χ3v) is 3.19. The predicted octanol–water partition coefficient (Wildman–Crippen LogP) is 3.13. The summed E-state index contributed by atoms with van der Waals surface area (Å²) >= 11 is 0. The van der Waals surface area contributed by atoms with Crippen molar-refractivity contribution in [1.29, 1.82) is 0 Å². The van der Waals surface area contributed by atoms with Gasteiger partial charge in [0.25, 0.3) is 5.91 Å². The van der Waals surface area contributed by atoms with E-state index in [1.54, 1.807) is 6.20 Å². The molecule has 0 aliphatic rings. The molecule has 0 saturated carbocycles. The van der Waals surface area contributed by atoms with Gasteiger partial charge < -0.3 is 4.74 Å². The SMILES string of the molecule is Cc1ccc(C)c(OCC(=O)n2ccccc2=NC(C)C)c1. The smallest absolute Gasteiger partial charge is 0.270 e. The maximum atomic E-state index is 12.4. The van der Waals surface area contributed by atoms with Crippen LogP contribution in [0.4, 0.5) is 0 Å². The Hall–Kier alpha value is -2.36. The second-order valence-corrected chi connectivity index (χ2v) is 5.60. The molecule has 2 aromatic rings. The minimum Gasteiger partial charge on any atom is -0.483 e. The minimum atomic E-state index is -0.138. The third-order valence-electron chi connectivity index (χ3n) is 3.19. The van der Waals surface area contributed by atoms with E-state index in [0.717, 1.165) is 16.9 Å². The van der Waals surface area contributed by atoms with Crippen molar-refractivity contribution in [1.82, 2.24) is 4.57 Å². The molecule has 0 atom stereocenters. The Balaban J connectivity index is 2.18. The highest BCUT2D eigenvalue weighted by Crippen LogP contribution is 2.18. The summed E-state index contributed by atoms with van der Waals surface area (Å²) in [5, 5.41) is 0. The molecule has 1 heterocycles. The third kappa shape index (κ3) is 4.07. The highest BCUT2D eigenvalue weighted by molar-refractivity contribution is 5.80. The second-order valence-electron chi connectivity index (χ2n) is 5.60. The number of aryl methyl sites for hydroxylation is 2. The molecule has 0 amide bonds. The molecule has 0 fully saturated rings. The first kappa shape index (κ1) is 16.0. The van der Waals surface area contributed by atoms with Crippen LogP contribution in [-0.2, 0) is 0 Å². The lowest BCUT2D eigenvalue weighted by atomic mass is 10.1. The number of rotatable bonds is 4. The largest absolute Gasteiger partial charge is 0.483 e. The van der Waals surface area contributed by atoms with Crippen molar-refractivity contribution in [3.05, 3.63) is 59.2 Å². The fourth-order valence-electron chi connectivity index (χ4n) is 2.09. The standard InChI is InChI=1S/C18H22N2O2/c1-13(2)19-17-7-5-6-10-20(17)18(21)12-22-16-11-14(3)8-9-15(16)4/h5-11,13H,12H2,1-4H3.